The van der Waals surface area contributed by atoms with Crippen molar-refractivity contribution in [2.45, 2.75) is 83.6 Å². The minimum absolute atomic E-state index is 0.144. The van der Waals surface area contributed by atoms with Crippen LogP contribution in [0.1, 0.15) is 82.5 Å². The fourth-order valence-electron chi connectivity index (χ4n) is 5.86. The van der Waals surface area contributed by atoms with Crippen molar-refractivity contribution < 1.29 is 18.4 Å². The van der Waals surface area contributed by atoms with Gasteiger partial charge in [-0.15, -0.1) is 0 Å². The van der Waals surface area contributed by atoms with Gasteiger partial charge in [0.15, 0.2) is 0 Å². The third-order valence-corrected chi connectivity index (χ3v) is 10.4. The second-order valence-electron chi connectivity index (χ2n) is 12.9. The molecular formula is C35H45FN2O3S. The third kappa shape index (κ3) is 7.07. The molecule has 2 fully saturated rings. The van der Waals surface area contributed by atoms with Crippen LogP contribution in [0.25, 0.3) is 11.1 Å². The number of piperidine rings is 1. The van der Waals surface area contributed by atoms with Crippen LogP contribution in [-0.2, 0) is 24.0 Å². The number of hydrogen-bond donors (Lipinski definition) is 2. The molecule has 0 aromatic heterocycles. The zero-order valence-corrected chi connectivity index (χ0v) is 26.2. The van der Waals surface area contributed by atoms with Crippen molar-refractivity contribution in [3.05, 3.63) is 83.2 Å². The van der Waals surface area contributed by atoms with E-state index in [0.29, 0.717) is 23.1 Å². The molecule has 3 aromatic carbocycles. The first-order chi connectivity index (χ1) is 20.1. The molecule has 2 atom stereocenters. The Morgan fingerprint density at radius 2 is 1.79 bits per heavy atom. The number of halogens is 1. The zero-order chi connectivity index (χ0) is 29.9. The van der Waals surface area contributed by atoms with E-state index in [-0.39, 0.29) is 18.8 Å². The summed E-state index contributed by atoms with van der Waals surface area (Å²) in [6, 6.07) is 19.2. The quantitative estimate of drug-likeness (QED) is 0.242. The summed E-state index contributed by atoms with van der Waals surface area (Å²) in [4.78, 5) is 2.43. The molecule has 42 heavy (non-hydrogen) atoms. The number of rotatable bonds is 11. The molecule has 1 saturated carbocycles. The summed E-state index contributed by atoms with van der Waals surface area (Å²) in [6.07, 6.45) is 6.24. The van der Waals surface area contributed by atoms with Gasteiger partial charge in [0.1, 0.15) is 18.2 Å². The van der Waals surface area contributed by atoms with Crippen LogP contribution in [-0.4, -0.2) is 33.8 Å². The summed E-state index contributed by atoms with van der Waals surface area (Å²) in [5, 5.41) is 9.76. The van der Waals surface area contributed by atoms with Gasteiger partial charge in [-0.2, -0.15) is 0 Å². The zero-order valence-electron chi connectivity index (χ0n) is 25.4. The Morgan fingerprint density at radius 1 is 1.05 bits per heavy atom. The summed E-state index contributed by atoms with van der Waals surface area (Å²) in [7, 11) is -1.42. The van der Waals surface area contributed by atoms with Crippen molar-refractivity contribution in [1.29, 1.82) is 0 Å². The number of hydrogen-bond acceptors (Lipinski definition) is 4. The van der Waals surface area contributed by atoms with Gasteiger partial charge in [0.25, 0.3) is 0 Å². The smallest absolute Gasteiger partial charge is 0.135 e. The van der Waals surface area contributed by atoms with E-state index >= 15 is 4.39 Å². The second-order valence-corrected chi connectivity index (χ2v) is 14.9. The Morgan fingerprint density at radius 3 is 2.45 bits per heavy atom. The molecule has 1 aliphatic heterocycles. The number of aryl methyl sites for hydroxylation is 1. The first kappa shape index (κ1) is 30.7. The molecule has 5 nitrogen and oxygen atoms in total. The van der Waals surface area contributed by atoms with Crippen molar-refractivity contribution in [1.82, 2.24) is 4.72 Å². The molecule has 1 saturated heterocycles. The highest BCUT2D eigenvalue weighted by molar-refractivity contribution is 7.84. The summed E-state index contributed by atoms with van der Waals surface area (Å²) >= 11 is 0. The topological polar surface area (TPSA) is 61.8 Å². The molecule has 1 heterocycles. The van der Waals surface area contributed by atoms with Gasteiger partial charge >= 0.3 is 0 Å². The fourth-order valence-corrected chi connectivity index (χ4v) is 6.72. The van der Waals surface area contributed by atoms with E-state index in [9.17, 15) is 9.32 Å². The fraction of sp³-hybridized carbons (Fsp3) is 0.486. The number of aliphatic hydroxyl groups is 1. The molecule has 226 valence electrons. The molecule has 2 aliphatic rings. The number of nitrogens with one attached hydrogen (secondary N) is 1. The van der Waals surface area contributed by atoms with Gasteiger partial charge in [-0.25, -0.2) is 13.3 Å². The number of aliphatic hydroxyl groups excluding tert-OH is 1. The van der Waals surface area contributed by atoms with Crippen LogP contribution in [0.2, 0.25) is 0 Å². The van der Waals surface area contributed by atoms with Crippen molar-refractivity contribution >= 4 is 16.7 Å². The normalized spacial score (nSPS) is 17.7. The lowest BCUT2D eigenvalue weighted by atomic mass is 9.92. The number of ether oxygens (including phenoxy) is 1. The van der Waals surface area contributed by atoms with E-state index in [1.807, 2.05) is 51.1 Å². The number of anilines is 1. The molecule has 1 aliphatic carbocycles. The predicted octanol–water partition coefficient (Wildman–Crippen LogP) is 7.49. The minimum Gasteiger partial charge on any atom is -0.489 e. The first-order valence-corrected chi connectivity index (χ1v) is 16.4. The molecule has 0 radical (unpaired) electrons. The van der Waals surface area contributed by atoms with Gasteiger partial charge < -0.3 is 14.7 Å². The Balaban J connectivity index is 1.49. The van der Waals surface area contributed by atoms with Crippen LogP contribution < -0.4 is 14.4 Å². The van der Waals surface area contributed by atoms with Crippen molar-refractivity contribution in [2.24, 2.45) is 5.41 Å². The maximum atomic E-state index is 16.4. The van der Waals surface area contributed by atoms with Crippen LogP contribution in [0, 0.1) is 11.2 Å². The van der Waals surface area contributed by atoms with Gasteiger partial charge in [-0.05, 0) is 106 Å². The molecule has 5 rings (SSSR count). The molecule has 2 unspecified atom stereocenters. The standard InChI is InChI=1S/C35H45FN2O3S/c1-5-26-9-6-7-12-32(26)41-24-25-21-27(23-28(22-25)38-18-16-35(14-15-35)17-19-38)29-10-8-11-30(33(29)36)31(13-20-39)37-42(40)34(2,3)4/h6-12,21-23,31,37,39H,5,13-20,24H2,1-4H3. The Kier molecular flexibility index (Phi) is 9.41. The van der Waals surface area contributed by atoms with Gasteiger partial charge in [0, 0.05) is 42.6 Å². The van der Waals surface area contributed by atoms with Gasteiger partial charge in [0.2, 0.25) is 0 Å². The van der Waals surface area contributed by atoms with E-state index < -0.39 is 21.8 Å². The Hall–Kier alpha value is -2.74. The van der Waals surface area contributed by atoms with Gasteiger partial charge in [-0.3, -0.25) is 0 Å². The highest BCUT2D eigenvalue weighted by Crippen LogP contribution is 2.54. The molecule has 0 bridgehead atoms. The van der Waals surface area contributed by atoms with E-state index in [4.69, 9.17) is 4.74 Å². The van der Waals surface area contributed by atoms with Crippen LogP contribution in [0.5, 0.6) is 5.75 Å². The first-order valence-electron chi connectivity index (χ1n) is 15.3. The molecule has 7 heteroatoms. The van der Waals surface area contributed by atoms with E-state index in [0.717, 1.165) is 47.6 Å². The van der Waals surface area contributed by atoms with E-state index in [2.05, 4.69) is 34.7 Å². The average molecular weight is 593 g/mol. The summed E-state index contributed by atoms with van der Waals surface area (Å²) < 4.78 is 38.2. The summed E-state index contributed by atoms with van der Waals surface area (Å²) in [6.45, 7) is 9.99. The lowest BCUT2D eigenvalue weighted by Gasteiger charge is -2.34. The second kappa shape index (κ2) is 12.9. The van der Waals surface area contributed by atoms with Gasteiger partial charge in [-0.1, -0.05) is 43.3 Å². The molecule has 0 amide bonds. The van der Waals surface area contributed by atoms with Crippen molar-refractivity contribution in [3.8, 4) is 16.9 Å². The molecular weight excluding hydrogens is 547 g/mol. The average Bonchev–Trinajstić information content (AvgIpc) is 3.74. The maximum Gasteiger partial charge on any atom is 0.135 e. The number of nitrogens with zero attached hydrogens (tertiary/aromatic N) is 1. The van der Waals surface area contributed by atoms with E-state index in [1.54, 1.807) is 12.1 Å². The Labute approximate surface area is 253 Å². The van der Waals surface area contributed by atoms with Crippen LogP contribution in [0.15, 0.2) is 60.7 Å². The lowest BCUT2D eigenvalue weighted by molar-refractivity contribution is 0.272. The molecule has 3 aromatic rings. The molecule has 2 N–H and O–H groups in total. The third-order valence-electron chi connectivity index (χ3n) is 8.81. The maximum absolute atomic E-state index is 16.4. The van der Waals surface area contributed by atoms with Crippen molar-refractivity contribution in [2.75, 3.05) is 24.6 Å². The van der Waals surface area contributed by atoms with E-state index in [1.165, 1.54) is 25.7 Å². The number of benzene rings is 3. The van der Waals surface area contributed by atoms with Crippen molar-refractivity contribution in [3.63, 3.8) is 0 Å². The monoisotopic (exact) mass is 592 g/mol. The summed E-state index contributed by atoms with van der Waals surface area (Å²) in [5.41, 5.74) is 5.50. The lowest BCUT2D eigenvalue weighted by Crippen LogP contribution is -2.36. The predicted molar refractivity (Wildman–Crippen MR) is 171 cm³/mol. The SMILES string of the molecule is CCc1ccccc1OCc1cc(-c2cccc(C(CCO)NS(=O)C(C)(C)C)c2F)cc(N2CCC3(CC2)CC3)c1. The minimum atomic E-state index is -1.42. The molecule has 1 spiro atoms. The van der Waals surface area contributed by atoms with Gasteiger partial charge in [0.05, 0.1) is 15.7 Å². The highest BCUT2D eigenvalue weighted by atomic mass is 32.2. The Bertz CT molecular complexity index is 1410. The summed E-state index contributed by atoms with van der Waals surface area (Å²) in [5.74, 6) is 0.517. The highest BCUT2D eigenvalue weighted by Gasteiger charge is 2.44. The largest absolute Gasteiger partial charge is 0.489 e. The van der Waals surface area contributed by atoms with Crippen LogP contribution in [0.3, 0.4) is 0 Å². The van der Waals surface area contributed by atoms with Crippen LogP contribution >= 0.6 is 0 Å². The number of para-hydroxylation sites is 1. The van der Waals surface area contributed by atoms with Crippen LogP contribution in [0.4, 0.5) is 10.1 Å².